The lowest BCUT2D eigenvalue weighted by atomic mass is 10.4. The van der Waals surface area contributed by atoms with E-state index in [1.807, 2.05) is 0 Å². The Morgan fingerprint density at radius 1 is 1.29 bits per heavy atom. The van der Waals surface area contributed by atoms with Crippen LogP contribution in [0, 0.1) is 18.8 Å². The highest BCUT2D eigenvalue weighted by molar-refractivity contribution is 5.06. The lowest BCUT2D eigenvalue weighted by molar-refractivity contribution is 0.616. The molecular formula is C10H14N2O2. The van der Waals surface area contributed by atoms with Crippen molar-refractivity contribution < 1.29 is 0 Å². The zero-order chi connectivity index (χ0) is 10.5. The molecule has 1 N–H and O–H groups in total. The Labute approximate surface area is 81.6 Å². The van der Waals surface area contributed by atoms with E-state index in [0.29, 0.717) is 17.4 Å². The number of aromatic amines is 1. The number of aromatic nitrogens is 2. The molecule has 1 aromatic rings. The summed E-state index contributed by atoms with van der Waals surface area (Å²) >= 11 is 0. The molecule has 0 spiro atoms. The third kappa shape index (κ3) is 1.22. The van der Waals surface area contributed by atoms with Crippen molar-refractivity contribution in [2.45, 2.75) is 26.8 Å². The van der Waals surface area contributed by atoms with Gasteiger partial charge < -0.3 is 0 Å². The van der Waals surface area contributed by atoms with Gasteiger partial charge in [-0.2, -0.15) is 0 Å². The van der Waals surface area contributed by atoms with Gasteiger partial charge in [-0.1, -0.05) is 13.8 Å². The first-order valence-electron chi connectivity index (χ1n) is 4.84. The van der Waals surface area contributed by atoms with Crippen LogP contribution in [-0.2, 0) is 0 Å². The van der Waals surface area contributed by atoms with E-state index in [4.69, 9.17) is 0 Å². The first kappa shape index (κ1) is 9.24. The summed E-state index contributed by atoms with van der Waals surface area (Å²) in [5.41, 5.74) is 0.0184. The topological polar surface area (TPSA) is 54.9 Å². The first-order chi connectivity index (χ1) is 6.52. The van der Waals surface area contributed by atoms with Gasteiger partial charge in [-0.05, 0) is 18.8 Å². The van der Waals surface area contributed by atoms with Crippen LogP contribution in [0.3, 0.4) is 0 Å². The van der Waals surface area contributed by atoms with Crippen molar-refractivity contribution in [1.29, 1.82) is 0 Å². The minimum absolute atomic E-state index is 0.262. The molecule has 0 aromatic carbocycles. The molecule has 0 bridgehead atoms. The van der Waals surface area contributed by atoms with Crippen LogP contribution >= 0.6 is 0 Å². The van der Waals surface area contributed by atoms with E-state index in [1.165, 1.54) is 0 Å². The Kier molecular flexibility index (Phi) is 1.87. The fourth-order valence-corrected chi connectivity index (χ4v) is 1.95. The molecule has 0 radical (unpaired) electrons. The van der Waals surface area contributed by atoms with Gasteiger partial charge in [0.2, 0.25) is 0 Å². The monoisotopic (exact) mass is 194 g/mol. The third-order valence-electron chi connectivity index (χ3n) is 3.23. The van der Waals surface area contributed by atoms with Gasteiger partial charge in [-0.25, -0.2) is 4.79 Å². The van der Waals surface area contributed by atoms with Crippen molar-refractivity contribution in [3.8, 4) is 0 Å². The number of hydrogen-bond acceptors (Lipinski definition) is 2. The molecule has 4 heteroatoms. The summed E-state index contributed by atoms with van der Waals surface area (Å²) in [6, 6.07) is 0.262. The van der Waals surface area contributed by atoms with Crippen LogP contribution in [-0.4, -0.2) is 9.55 Å². The van der Waals surface area contributed by atoms with Crippen molar-refractivity contribution in [1.82, 2.24) is 9.55 Å². The second-order valence-electron chi connectivity index (χ2n) is 4.19. The van der Waals surface area contributed by atoms with Gasteiger partial charge in [-0.3, -0.25) is 14.3 Å². The van der Waals surface area contributed by atoms with Gasteiger partial charge in [0.1, 0.15) is 0 Å². The molecule has 4 nitrogen and oxygen atoms in total. The molecular weight excluding hydrogens is 180 g/mol. The standard InChI is InChI=1S/C10H14N2O2/c1-5-4-12(8-6(2)7(8)3)10(14)11-9(5)13/h4,6-8H,1-3H3,(H,11,13,14)/t6-,7?,8?/m1/s1. The fraction of sp³-hybridized carbons (Fsp3) is 0.600. The molecule has 1 saturated carbocycles. The first-order valence-corrected chi connectivity index (χ1v) is 4.84. The van der Waals surface area contributed by atoms with Crippen molar-refractivity contribution >= 4 is 0 Å². The van der Waals surface area contributed by atoms with Gasteiger partial charge in [0.25, 0.3) is 5.56 Å². The predicted molar refractivity (Wildman–Crippen MR) is 53.4 cm³/mol. The summed E-state index contributed by atoms with van der Waals surface area (Å²) in [5, 5.41) is 0. The highest BCUT2D eigenvalue weighted by Gasteiger charge is 2.44. The van der Waals surface area contributed by atoms with E-state index in [2.05, 4.69) is 18.8 Å². The lowest BCUT2D eigenvalue weighted by Gasteiger charge is -2.03. The maximum atomic E-state index is 11.5. The van der Waals surface area contributed by atoms with E-state index in [-0.39, 0.29) is 17.3 Å². The van der Waals surface area contributed by atoms with E-state index in [1.54, 1.807) is 17.7 Å². The van der Waals surface area contributed by atoms with Gasteiger partial charge in [0.15, 0.2) is 0 Å². The molecule has 0 amide bonds. The van der Waals surface area contributed by atoms with E-state index < -0.39 is 0 Å². The number of rotatable bonds is 1. The highest BCUT2D eigenvalue weighted by atomic mass is 16.2. The van der Waals surface area contributed by atoms with Crippen LogP contribution in [0.1, 0.15) is 25.5 Å². The van der Waals surface area contributed by atoms with Crippen LogP contribution in [0.4, 0.5) is 0 Å². The summed E-state index contributed by atoms with van der Waals surface area (Å²) in [6.45, 7) is 5.94. The molecule has 2 rings (SSSR count). The number of hydrogen-bond donors (Lipinski definition) is 1. The largest absolute Gasteiger partial charge is 0.328 e. The molecule has 1 heterocycles. The molecule has 0 saturated heterocycles. The summed E-state index contributed by atoms with van der Waals surface area (Å²) in [4.78, 5) is 24.9. The molecule has 3 atom stereocenters. The Bertz CT molecular complexity index is 464. The Balaban J connectivity index is 2.51. The average Bonchev–Trinajstić information content (AvgIpc) is 2.68. The molecule has 1 fully saturated rings. The molecule has 14 heavy (non-hydrogen) atoms. The fourth-order valence-electron chi connectivity index (χ4n) is 1.95. The minimum Gasteiger partial charge on any atom is -0.297 e. The Morgan fingerprint density at radius 2 is 1.86 bits per heavy atom. The van der Waals surface area contributed by atoms with Crippen LogP contribution in [0.15, 0.2) is 15.8 Å². The van der Waals surface area contributed by atoms with Crippen LogP contribution in [0.5, 0.6) is 0 Å². The van der Waals surface area contributed by atoms with Gasteiger partial charge in [0.05, 0.1) is 0 Å². The summed E-state index contributed by atoms with van der Waals surface area (Å²) in [5.74, 6) is 1.05. The van der Waals surface area contributed by atoms with Gasteiger partial charge in [0, 0.05) is 17.8 Å². The van der Waals surface area contributed by atoms with Crippen LogP contribution in [0.25, 0.3) is 0 Å². The molecule has 76 valence electrons. The normalized spacial score (nSPS) is 30.4. The Morgan fingerprint density at radius 3 is 2.36 bits per heavy atom. The molecule has 2 unspecified atom stereocenters. The van der Waals surface area contributed by atoms with Crippen molar-refractivity contribution in [3.05, 3.63) is 32.6 Å². The average molecular weight is 194 g/mol. The SMILES string of the molecule is Cc1cn(C2C(C)[C@H]2C)c(=O)[nH]c1=O. The van der Waals surface area contributed by atoms with Crippen molar-refractivity contribution in [2.24, 2.45) is 11.8 Å². The summed E-state index contributed by atoms with van der Waals surface area (Å²) in [6.07, 6.45) is 1.66. The third-order valence-corrected chi connectivity index (χ3v) is 3.23. The van der Waals surface area contributed by atoms with E-state index in [9.17, 15) is 9.59 Å². The van der Waals surface area contributed by atoms with E-state index in [0.717, 1.165) is 0 Å². The van der Waals surface area contributed by atoms with Gasteiger partial charge in [-0.15, -0.1) is 0 Å². The molecule has 1 aliphatic rings. The van der Waals surface area contributed by atoms with Gasteiger partial charge >= 0.3 is 5.69 Å². The minimum atomic E-state index is -0.290. The Hall–Kier alpha value is -1.32. The zero-order valence-electron chi connectivity index (χ0n) is 8.57. The summed E-state index contributed by atoms with van der Waals surface area (Å²) in [7, 11) is 0. The number of nitrogens with zero attached hydrogens (tertiary/aromatic N) is 1. The van der Waals surface area contributed by atoms with Crippen molar-refractivity contribution in [2.75, 3.05) is 0 Å². The lowest BCUT2D eigenvalue weighted by Crippen LogP contribution is -2.30. The van der Waals surface area contributed by atoms with E-state index >= 15 is 0 Å². The van der Waals surface area contributed by atoms with Crippen LogP contribution < -0.4 is 11.2 Å². The van der Waals surface area contributed by atoms with Crippen LogP contribution in [0.2, 0.25) is 0 Å². The second-order valence-corrected chi connectivity index (χ2v) is 4.19. The molecule has 1 aliphatic carbocycles. The smallest absolute Gasteiger partial charge is 0.297 e. The maximum Gasteiger partial charge on any atom is 0.328 e. The molecule has 1 aromatic heterocycles. The number of aryl methyl sites for hydroxylation is 1. The number of H-pyrrole nitrogens is 1. The quantitative estimate of drug-likeness (QED) is 0.714. The zero-order valence-corrected chi connectivity index (χ0v) is 8.57. The predicted octanol–water partition coefficient (Wildman–Crippen LogP) is 0.672. The molecule has 0 aliphatic heterocycles. The maximum absolute atomic E-state index is 11.5. The second kappa shape index (κ2) is 2.83. The van der Waals surface area contributed by atoms with Crippen molar-refractivity contribution in [3.63, 3.8) is 0 Å². The highest BCUT2D eigenvalue weighted by Crippen LogP contribution is 2.48. The summed E-state index contributed by atoms with van der Waals surface area (Å²) < 4.78 is 1.64. The number of nitrogens with one attached hydrogen (secondary N) is 1.